The minimum atomic E-state index is -0.929. The van der Waals surface area contributed by atoms with Crippen LogP contribution in [0.5, 0.6) is 0 Å². The zero-order chi connectivity index (χ0) is 11.4. The number of carbonyl (C=O) groups is 1. The third-order valence-corrected chi connectivity index (χ3v) is 2.24. The number of carboxylic acid groups (broad SMARTS) is 1. The summed E-state index contributed by atoms with van der Waals surface area (Å²) in [6, 6.07) is 14.2. The van der Waals surface area contributed by atoms with E-state index >= 15 is 0 Å². The highest BCUT2D eigenvalue weighted by Gasteiger charge is 1.99. The van der Waals surface area contributed by atoms with Crippen molar-refractivity contribution in [3.8, 4) is 0 Å². The first-order chi connectivity index (χ1) is 7.77. The van der Waals surface area contributed by atoms with Gasteiger partial charge < -0.3 is 10.1 Å². The maximum atomic E-state index is 11.0. The van der Waals surface area contributed by atoms with Crippen molar-refractivity contribution in [1.29, 1.82) is 0 Å². The molecule has 3 heteroatoms. The van der Waals surface area contributed by atoms with Crippen LogP contribution in [0.15, 0.2) is 54.7 Å². The molecule has 0 atom stereocenters. The molecule has 0 radical (unpaired) electrons. The minimum Gasteiger partial charge on any atom is -0.478 e. The van der Waals surface area contributed by atoms with Crippen molar-refractivity contribution in [2.24, 2.45) is 0 Å². The summed E-state index contributed by atoms with van der Waals surface area (Å²) in [5.41, 5.74) is 1.15. The van der Waals surface area contributed by atoms with E-state index in [0.717, 1.165) is 10.9 Å². The second-order valence-corrected chi connectivity index (χ2v) is 3.35. The normalized spacial score (nSPS) is 9.75. The molecular formula is C13H11NO2. The Morgan fingerprint density at radius 3 is 2.62 bits per heavy atom. The number of hydrogen-bond donors (Lipinski definition) is 2. The van der Waals surface area contributed by atoms with E-state index in [9.17, 15) is 4.79 Å². The van der Waals surface area contributed by atoms with Crippen molar-refractivity contribution in [3.05, 3.63) is 60.3 Å². The van der Waals surface area contributed by atoms with Crippen LogP contribution >= 0.6 is 0 Å². The molecule has 1 aromatic heterocycles. The molecule has 1 aromatic carbocycles. The summed E-state index contributed by atoms with van der Waals surface area (Å²) in [6.07, 6.45) is 1.77. The molecule has 0 unspecified atom stereocenters. The second kappa shape index (κ2) is 4.49. The third-order valence-electron chi connectivity index (χ3n) is 2.24. The van der Waals surface area contributed by atoms with E-state index in [-0.39, 0.29) is 5.56 Å². The highest BCUT2D eigenvalue weighted by atomic mass is 16.4. The summed E-state index contributed by atoms with van der Waals surface area (Å²) < 4.78 is 0. The van der Waals surface area contributed by atoms with Crippen LogP contribution in [-0.4, -0.2) is 16.1 Å². The predicted molar refractivity (Wildman–Crippen MR) is 62.9 cm³/mol. The highest BCUT2D eigenvalue weighted by Crippen LogP contribution is 2.09. The fourth-order valence-electron chi connectivity index (χ4n) is 1.46. The lowest BCUT2D eigenvalue weighted by Gasteiger charge is -1.93. The molecule has 0 saturated heterocycles. The molecule has 0 bridgehead atoms. The van der Waals surface area contributed by atoms with E-state index in [1.54, 1.807) is 30.5 Å². The molecule has 0 fully saturated rings. The quantitative estimate of drug-likeness (QED) is 0.765. The first kappa shape index (κ1) is 10.2. The summed E-state index contributed by atoms with van der Waals surface area (Å²) in [5.74, 6) is -0.929. The van der Waals surface area contributed by atoms with Crippen molar-refractivity contribution >= 4 is 16.9 Å². The van der Waals surface area contributed by atoms with Crippen molar-refractivity contribution in [2.45, 2.75) is 0 Å². The summed E-state index contributed by atoms with van der Waals surface area (Å²) in [4.78, 5) is 14.1. The lowest BCUT2D eigenvalue weighted by atomic mass is 10.2. The van der Waals surface area contributed by atoms with E-state index in [1.807, 2.05) is 24.3 Å². The number of hydrogen-bond acceptors (Lipinski definition) is 1. The molecule has 0 aliphatic heterocycles. The Kier molecular flexibility index (Phi) is 2.87. The predicted octanol–water partition coefficient (Wildman–Crippen LogP) is 2.99. The standard InChI is InChI=1S/C13H11NO2/c15-13(16)11-6-3-4-8-14-12-7-2-1-5-10(12)9-11/h1-9,14H,(H,15,16). The Labute approximate surface area is 92.7 Å². The van der Waals surface area contributed by atoms with Gasteiger partial charge in [0.2, 0.25) is 0 Å². The number of benzene rings is 1. The number of carboxylic acids is 1. The lowest BCUT2D eigenvalue weighted by Crippen LogP contribution is -1.93. The van der Waals surface area contributed by atoms with Gasteiger partial charge in [-0.2, -0.15) is 0 Å². The number of aromatic nitrogens is 1. The number of H-pyrrole nitrogens is 1. The van der Waals surface area contributed by atoms with Crippen molar-refractivity contribution in [3.63, 3.8) is 0 Å². The molecule has 3 nitrogen and oxygen atoms in total. The molecule has 0 aliphatic rings. The Hall–Kier alpha value is -2.29. The van der Waals surface area contributed by atoms with E-state index in [1.165, 1.54) is 0 Å². The van der Waals surface area contributed by atoms with Crippen LogP contribution in [0, 0.1) is 0 Å². The van der Waals surface area contributed by atoms with Gasteiger partial charge in [0.25, 0.3) is 0 Å². The van der Waals surface area contributed by atoms with E-state index in [4.69, 9.17) is 5.11 Å². The number of rotatable bonds is 1. The largest absolute Gasteiger partial charge is 0.478 e. The molecule has 2 N–H and O–H groups in total. The first-order valence-electron chi connectivity index (χ1n) is 4.91. The maximum Gasteiger partial charge on any atom is 0.335 e. The topological polar surface area (TPSA) is 53.1 Å². The highest BCUT2D eigenvalue weighted by molar-refractivity contribution is 5.91. The van der Waals surface area contributed by atoms with Crippen molar-refractivity contribution < 1.29 is 9.90 Å². The summed E-state index contributed by atoms with van der Waals surface area (Å²) in [7, 11) is 0. The monoisotopic (exact) mass is 213 g/mol. The van der Waals surface area contributed by atoms with Gasteiger partial charge in [-0.15, -0.1) is 0 Å². The molecule has 0 aliphatic carbocycles. The van der Waals surface area contributed by atoms with Gasteiger partial charge in [-0.1, -0.05) is 24.3 Å². The fraction of sp³-hybridized carbons (Fsp3) is 0. The number of fused-ring (bicyclic) bond motifs is 1. The number of aromatic carboxylic acids is 1. The van der Waals surface area contributed by atoms with E-state index < -0.39 is 5.97 Å². The molecule has 16 heavy (non-hydrogen) atoms. The Morgan fingerprint density at radius 1 is 1.06 bits per heavy atom. The Morgan fingerprint density at radius 2 is 1.81 bits per heavy atom. The van der Waals surface area contributed by atoms with Crippen LogP contribution < -0.4 is 0 Å². The number of nitrogens with one attached hydrogen (secondary N) is 1. The summed E-state index contributed by atoms with van der Waals surface area (Å²) in [5, 5.41) is 9.87. The molecular weight excluding hydrogens is 202 g/mol. The minimum absolute atomic E-state index is 0.265. The van der Waals surface area contributed by atoms with Gasteiger partial charge in [-0.3, -0.25) is 0 Å². The van der Waals surface area contributed by atoms with Gasteiger partial charge in [0.15, 0.2) is 0 Å². The zero-order valence-electron chi connectivity index (χ0n) is 8.55. The van der Waals surface area contributed by atoms with Crippen LogP contribution in [0.1, 0.15) is 10.4 Å². The zero-order valence-corrected chi connectivity index (χ0v) is 8.55. The smallest absolute Gasteiger partial charge is 0.335 e. The van der Waals surface area contributed by atoms with Crippen LogP contribution in [0.25, 0.3) is 10.9 Å². The Balaban J connectivity index is 2.83. The summed E-state index contributed by atoms with van der Waals surface area (Å²) >= 11 is 0. The molecule has 0 spiro atoms. The lowest BCUT2D eigenvalue weighted by molar-refractivity contribution is 0.0697. The van der Waals surface area contributed by atoms with Gasteiger partial charge in [0.1, 0.15) is 0 Å². The van der Waals surface area contributed by atoms with Gasteiger partial charge in [-0.25, -0.2) is 4.79 Å². The van der Waals surface area contributed by atoms with Crippen molar-refractivity contribution in [1.82, 2.24) is 4.98 Å². The van der Waals surface area contributed by atoms with Crippen LogP contribution in [-0.2, 0) is 0 Å². The molecule has 2 aromatic rings. The number of para-hydroxylation sites is 1. The average molecular weight is 213 g/mol. The molecule has 2 rings (SSSR count). The van der Waals surface area contributed by atoms with Crippen molar-refractivity contribution in [2.75, 3.05) is 0 Å². The molecule has 0 amide bonds. The maximum absolute atomic E-state index is 11.0. The van der Waals surface area contributed by atoms with Gasteiger partial charge >= 0.3 is 5.97 Å². The number of aromatic amines is 1. The second-order valence-electron chi connectivity index (χ2n) is 3.35. The Bertz CT molecular complexity index is 571. The summed E-state index contributed by atoms with van der Waals surface area (Å²) in [6.45, 7) is 0. The molecule has 80 valence electrons. The van der Waals surface area contributed by atoms with Crippen LogP contribution in [0.3, 0.4) is 0 Å². The SMILES string of the molecule is O=C(O)c1cccc[nH]c2ccccc2c1. The van der Waals surface area contributed by atoms with Gasteiger partial charge in [-0.05, 0) is 29.7 Å². The van der Waals surface area contributed by atoms with E-state index in [0.29, 0.717) is 0 Å². The van der Waals surface area contributed by atoms with Crippen LogP contribution in [0.2, 0.25) is 0 Å². The van der Waals surface area contributed by atoms with Gasteiger partial charge in [0.05, 0.1) is 5.56 Å². The first-order valence-corrected chi connectivity index (χ1v) is 4.91. The average Bonchev–Trinajstić information content (AvgIpc) is 2.38. The van der Waals surface area contributed by atoms with E-state index in [2.05, 4.69) is 4.98 Å². The fourth-order valence-corrected chi connectivity index (χ4v) is 1.46. The van der Waals surface area contributed by atoms with Crippen LogP contribution in [0.4, 0.5) is 0 Å². The van der Waals surface area contributed by atoms with Gasteiger partial charge in [0, 0.05) is 11.7 Å². The molecule has 0 saturated carbocycles. The molecule has 1 heterocycles. The third kappa shape index (κ3) is 2.20.